The van der Waals surface area contributed by atoms with E-state index in [1.807, 2.05) is 12.1 Å². The monoisotopic (exact) mass is 325 g/mol. The van der Waals surface area contributed by atoms with Gasteiger partial charge in [0.15, 0.2) is 11.4 Å². The molecule has 0 fully saturated rings. The fourth-order valence-corrected chi connectivity index (χ4v) is 2.33. The molecule has 0 radical (unpaired) electrons. The fraction of sp³-hybridized carbons (Fsp3) is 0.111. The van der Waals surface area contributed by atoms with Crippen LogP contribution in [-0.4, -0.2) is 30.3 Å². The lowest BCUT2D eigenvalue weighted by molar-refractivity contribution is 0.0591. The van der Waals surface area contributed by atoms with Crippen molar-refractivity contribution in [2.75, 3.05) is 14.2 Å². The molecule has 0 spiro atoms. The van der Waals surface area contributed by atoms with Crippen molar-refractivity contribution < 1.29 is 24.1 Å². The van der Waals surface area contributed by atoms with Gasteiger partial charge in [-0.3, -0.25) is 0 Å². The zero-order chi connectivity index (χ0) is 17.1. The number of esters is 1. The average Bonchev–Trinajstić information content (AvgIpc) is 2.62. The molecule has 0 saturated heterocycles. The number of nitrogens with zero attached hydrogens (tertiary/aromatic N) is 1. The van der Waals surface area contributed by atoms with Crippen molar-refractivity contribution in [2.24, 2.45) is 0 Å². The highest BCUT2D eigenvalue weighted by atomic mass is 16.5. The van der Waals surface area contributed by atoms with Crippen LogP contribution in [0.15, 0.2) is 48.7 Å². The van der Waals surface area contributed by atoms with Gasteiger partial charge in [-0.1, -0.05) is 18.2 Å². The van der Waals surface area contributed by atoms with E-state index in [2.05, 4.69) is 9.72 Å². The molecule has 0 aliphatic rings. The first-order valence-corrected chi connectivity index (χ1v) is 7.15. The molecule has 3 aromatic rings. The van der Waals surface area contributed by atoms with Crippen molar-refractivity contribution >= 4 is 16.7 Å². The Hall–Kier alpha value is -3.28. The summed E-state index contributed by atoms with van der Waals surface area (Å²) >= 11 is 0. The maximum atomic E-state index is 11.6. The highest BCUT2D eigenvalue weighted by Gasteiger charge is 2.17. The van der Waals surface area contributed by atoms with Gasteiger partial charge in [-0.2, -0.15) is 0 Å². The standard InChI is InChI=1S/C18H15NO5/c1-22-11-5-3-6-12(9-11)24-15-8-4-7-13-14(15)10-19-16(17(13)20)18(21)23-2/h3-10,20H,1-2H3. The van der Waals surface area contributed by atoms with Crippen LogP contribution < -0.4 is 9.47 Å². The van der Waals surface area contributed by atoms with E-state index in [0.29, 0.717) is 28.0 Å². The average molecular weight is 325 g/mol. The van der Waals surface area contributed by atoms with Crippen LogP contribution >= 0.6 is 0 Å². The number of methoxy groups -OCH3 is 2. The third-order valence-corrected chi connectivity index (χ3v) is 3.52. The second-order valence-electron chi connectivity index (χ2n) is 4.95. The molecule has 2 aromatic carbocycles. The van der Waals surface area contributed by atoms with Crippen LogP contribution in [0.4, 0.5) is 0 Å². The Labute approximate surface area is 138 Å². The number of fused-ring (bicyclic) bond motifs is 1. The van der Waals surface area contributed by atoms with Crippen molar-refractivity contribution in [3.05, 3.63) is 54.4 Å². The first kappa shape index (κ1) is 15.6. The summed E-state index contributed by atoms with van der Waals surface area (Å²) in [5.74, 6) is 0.809. The SMILES string of the molecule is COC(=O)c1ncc2c(Oc3cccc(OC)c3)cccc2c1O. The third-order valence-electron chi connectivity index (χ3n) is 3.52. The molecule has 0 aliphatic carbocycles. The van der Waals surface area contributed by atoms with Gasteiger partial charge in [0.05, 0.1) is 14.2 Å². The minimum absolute atomic E-state index is 0.136. The molecule has 3 rings (SSSR count). The van der Waals surface area contributed by atoms with E-state index < -0.39 is 5.97 Å². The number of pyridine rings is 1. The van der Waals surface area contributed by atoms with Crippen molar-refractivity contribution in [3.8, 4) is 23.0 Å². The van der Waals surface area contributed by atoms with E-state index >= 15 is 0 Å². The zero-order valence-corrected chi connectivity index (χ0v) is 13.1. The number of benzene rings is 2. The van der Waals surface area contributed by atoms with Crippen LogP contribution in [0.1, 0.15) is 10.5 Å². The third kappa shape index (κ3) is 2.81. The molecule has 0 amide bonds. The highest BCUT2D eigenvalue weighted by molar-refractivity contribution is 6.00. The Balaban J connectivity index is 2.06. The Kier molecular flexibility index (Phi) is 4.20. The lowest BCUT2D eigenvalue weighted by Crippen LogP contribution is -2.04. The van der Waals surface area contributed by atoms with Crippen molar-refractivity contribution in [3.63, 3.8) is 0 Å². The van der Waals surface area contributed by atoms with E-state index in [1.54, 1.807) is 37.4 Å². The maximum absolute atomic E-state index is 11.6. The van der Waals surface area contributed by atoms with Gasteiger partial charge >= 0.3 is 5.97 Å². The second-order valence-corrected chi connectivity index (χ2v) is 4.95. The van der Waals surface area contributed by atoms with Gasteiger partial charge in [0.1, 0.15) is 17.2 Å². The molecule has 0 unspecified atom stereocenters. The van der Waals surface area contributed by atoms with Crippen LogP contribution in [0.3, 0.4) is 0 Å². The summed E-state index contributed by atoms with van der Waals surface area (Å²) in [7, 11) is 2.81. The largest absolute Gasteiger partial charge is 0.505 e. The van der Waals surface area contributed by atoms with Crippen LogP contribution in [0.5, 0.6) is 23.0 Å². The number of aromatic nitrogens is 1. The van der Waals surface area contributed by atoms with E-state index in [4.69, 9.17) is 9.47 Å². The number of carbonyl (C=O) groups excluding carboxylic acids is 1. The van der Waals surface area contributed by atoms with Crippen LogP contribution in [0.2, 0.25) is 0 Å². The number of carbonyl (C=O) groups is 1. The molecule has 0 bridgehead atoms. The zero-order valence-electron chi connectivity index (χ0n) is 13.1. The van der Waals surface area contributed by atoms with Crippen molar-refractivity contribution in [1.29, 1.82) is 0 Å². The number of ether oxygens (including phenoxy) is 3. The summed E-state index contributed by atoms with van der Waals surface area (Å²) in [5, 5.41) is 11.3. The van der Waals surface area contributed by atoms with E-state index in [0.717, 1.165) is 0 Å². The molecule has 6 heteroatoms. The summed E-state index contributed by atoms with van der Waals surface area (Å²) in [5.41, 5.74) is -0.136. The lowest BCUT2D eigenvalue weighted by Gasteiger charge is -2.11. The van der Waals surface area contributed by atoms with Gasteiger partial charge in [-0.15, -0.1) is 0 Å². The van der Waals surface area contributed by atoms with Crippen molar-refractivity contribution in [1.82, 2.24) is 4.98 Å². The minimum atomic E-state index is -0.700. The number of hydrogen-bond acceptors (Lipinski definition) is 6. The summed E-state index contributed by atoms with van der Waals surface area (Å²) in [6.45, 7) is 0. The molecule has 0 atom stereocenters. The summed E-state index contributed by atoms with van der Waals surface area (Å²) < 4.78 is 15.6. The molecule has 1 N–H and O–H groups in total. The van der Waals surface area contributed by atoms with Gasteiger partial charge < -0.3 is 19.3 Å². The Bertz CT molecular complexity index is 907. The summed E-state index contributed by atoms with van der Waals surface area (Å²) in [6.07, 6.45) is 1.47. The van der Waals surface area contributed by atoms with E-state index in [9.17, 15) is 9.90 Å². The Morgan fingerprint density at radius 3 is 2.54 bits per heavy atom. The van der Waals surface area contributed by atoms with Crippen molar-refractivity contribution in [2.45, 2.75) is 0 Å². The number of aromatic hydroxyl groups is 1. The molecule has 0 saturated carbocycles. The fourth-order valence-electron chi connectivity index (χ4n) is 2.33. The molecule has 24 heavy (non-hydrogen) atoms. The highest BCUT2D eigenvalue weighted by Crippen LogP contribution is 2.35. The Morgan fingerprint density at radius 2 is 1.79 bits per heavy atom. The molecule has 1 heterocycles. The van der Waals surface area contributed by atoms with Gasteiger partial charge in [0.25, 0.3) is 0 Å². The quantitative estimate of drug-likeness (QED) is 0.739. The first-order chi connectivity index (χ1) is 11.6. The van der Waals surface area contributed by atoms with Gasteiger partial charge in [-0.25, -0.2) is 9.78 Å². The van der Waals surface area contributed by atoms with Crippen LogP contribution in [0, 0.1) is 0 Å². The molecule has 6 nitrogen and oxygen atoms in total. The predicted molar refractivity (Wildman–Crippen MR) is 87.8 cm³/mol. The van der Waals surface area contributed by atoms with Crippen LogP contribution in [0.25, 0.3) is 10.8 Å². The molecule has 122 valence electrons. The second kappa shape index (κ2) is 6.45. The van der Waals surface area contributed by atoms with Gasteiger partial charge in [0, 0.05) is 23.0 Å². The normalized spacial score (nSPS) is 10.4. The minimum Gasteiger partial charge on any atom is -0.505 e. The Morgan fingerprint density at radius 1 is 1.04 bits per heavy atom. The first-order valence-electron chi connectivity index (χ1n) is 7.15. The number of rotatable bonds is 4. The molecule has 1 aromatic heterocycles. The van der Waals surface area contributed by atoms with Gasteiger partial charge in [-0.05, 0) is 18.2 Å². The molecule has 0 aliphatic heterocycles. The summed E-state index contributed by atoms with van der Waals surface area (Å²) in [4.78, 5) is 15.6. The lowest BCUT2D eigenvalue weighted by atomic mass is 10.1. The van der Waals surface area contributed by atoms with Crippen LogP contribution in [-0.2, 0) is 4.74 Å². The number of hydrogen-bond donors (Lipinski definition) is 1. The topological polar surface area (TPSA) is 77.9 Å². The maximum Gasteiger partial charge on any atom is 0.360 e. The predicted octanol–water partition coefficient (Wildman–Crippen LogP) is 3.53. The smallest absolute Gasteiger partial charge is 0.360 e. The molecular weight excluding hydrogens is 310 g/mol. The summed E-state index contributed by atoms with van der Waals surface area (Å²) in [6, 6.07) is 12.3. The van der Waals surface area contributed by atoms with E-state index in [1.165, 1.54) is 13.3 Å². The van der Waals surface area contributed by atoms with E-state index in [-0.39, 0.29) is 11.4 Å². The van der Waals surface area contributed by atoms with Gasteiger partial charge in [0.2, 0.25) is 0 Å². The molecular formula is C18H15NO5.